The van der Waals surface area contributed by atoms with E-state index in [-0.39, 0.29) is 12.7 Å². The fourth-order valence-electron chi connectivity index (χ4n) is 4.94. The van der Waals surface area contributed by atoms with E-state index in [4.69, 9.17) is 35.6 Å². The molecule has 1 aliphatic heterocycles. The van der Waals surface area contributed by atoms with Crippen molar-refractivity contribution < 1.29 is 23.9 Å². The number of piperidine rings is 1. The van der Waals surface area contributed by atoms with Crippen LogP contribution in [0.1, 0.15) is 35.6 Å². The van der Waals surface area contributed by atoms with Crippen molar-refractivity contribution in [3.8, 4) is 28.4 Å². The van der Waals surface area contributed by atoms with Gasteiger partial charge in [0.1, 0.15) is 24.2 Å². The Labute approximate surface area is 233 Å². The Hall–Kier alpha value is -3.21. The quantitative estimate of drug-likeness (QED) is 0.395. The molecular formula is C28H36ClN5O5. The van der Waals surface area contributed by atoms with E-state index >= 15 is 0 Å². The maximum Gasteiger partial charge on any atom is 0.409 e. The van der Waals surface area contributed by atoms with Crippen LogP contribution in [-0.4, -0.2) is 77.7 Å². The zero-order valence-corrected chi connectivity index (χ0v) is 23.8. The van der Waals surface area contributed by atoms with Crippen LogP contribution in [0, 0.1) is 26.7 Å². The monoisotopic (exact) mass is 557 g/mol. The molecule has 0 aliphatic carbocycles. The highest BCUT2D eigenvalue weighted by Gasteiger charge is 2.27. The van der Waals surface area contributed by atoms with Crippen LogP contribution in [-0.2, 0) is 11.2 Å². The first-order valence-electron chi connectivity index (χ1n) is 13.1. The molecule has 0 radical (unpaired) electrons. The number of nitrogens with zero attached hydrogens (tertiary/aromatic N) is 4. The number of likely N-dealkylation sites (tertiary alicyclic amines) is 1. The number of carbonyl (C=O) groups is 1. The van der Waals surface area contributed by atoms with Gasteiger partial charge >= 0.3 is 6.09 Å². The van der Waals surface area contributed by atoms with E-state index in [0.717, 1.165) is 47.5 Å². The first-order chi connectivity index (χ1) is 18.7. The maximum absolute atomic E-state index is 11.9. The molecule has 1 aromatic carbocycles. The number of likely N-dealkylation sites (N-methyl/N-ethyl adjacent to an activating group) is 1. The number of hydrogen-bond acceptors (Lipinski definition) is 9. The second kappa shape index (κ2) is 12.8. The number of ether oxygens (including phenoxy) is 2. The van der Waals surface area contributed by atoms with Crippen molar-refractivity contribution in [2.45, 2.75) is 46.1 Å². The molecule has 0 spiro atoms. The summed E-state index contributed by atoms with van der Waals surface area (Å²) < 4.78 is 16.2. The minimum atomic E-state index is -0.673. The van der Waals surface area contributed by atoms with Crippen LogP contribution in [0.15, 0.2) is 22.7 Å². The highest BCUT2D eigenvalue weighted by Crippen LogP contribution is 2.37. The summed E-state index contributed by atoms with van der Waals surface area (Å²) in [6.07, 6.45) is 1.48. The molecule has 4 rings (SSSR count). The summed E-state index contributed by atoms with van der Waals surface area (Å²) in [7, 11) is 3.17. The molecule has 1 aliphatic rings. The van der Waals surface area contributed by atoms with Crippen LogP contribution in [0.25, 0.3) is 22.6 Å². The maximum atomic E-state index is 11.9. The Kier molecular flexibility index (Phi) is 9.42. The number of aryl methyl sites for hydroxylation is 2. The number of nitrogens with one attached hydrogen (secondary N) is 1. The average molecular weight is 558 g/mol. The molecule has 2 aromatic heterocycles. The summed E-state index contributed by atoms with van der Waals surface area (Å²) in [5.41, 5.74) is 4.86. The highest BCUT2D eigenvalue weighted by atomic mass is 35.5. The molecule has 1 unspecified atom stereocenters. The van der Waals surface area contributed by atoms with Gasteiger partial charge in [0.15, 0.2) is 5.82 Å². The number of amides is 1. The van der Waals surface area contributed by atoms with E-state index in [2.05, 4.69) is 10.5 Å². The Morgan fingerprint density at radius 3 is 2.64 bits per heavy atom. The molecule has 10 nitrogen and oxygen atoms in total. The summed E-state index contributed by atoms with van der Waals surface area (Å²) in [4.78, 5) is 23.6. The van der Waals surface area contributed by atoms with E-state index in [1.165, 1.54) is 7.11 Å². The zero-order chi connectivity index (χ0) is 28.1. The first kappa shape index (κ1) is 28.8. The van der Waals surface area contributed by atoms with Gasteiger partial charge in [-0.25, -0.2) is 14.8 Å². The van der Waals surface area contributed by atoms with Gasteiger partial charge in [-0.3, -0.25) is 0 Å². The predicted octanol–water partition coefficient (Wildman–Crippen LogP) is 4.36. The fraction of sp³-hybridized carbons (Fsp3) is 0.500. The topological polar surface area (TPSA) is 123 Å². The molecule has 1 fully saturated rings. The lowest BCUT2D eigenvalue weighted by molar-refractivity contribution is 0.106. The lowest BCUT2D eigenvalue weighted by Crippen LogP contribution is -2.38. The van der Waals surface area contributed by atoms with E-state index in [0.29, 0.717) is 53.5 Å². The molecule has 0 bridgehead atoms. The first-order valence-corrected chi connectivity index (χ1v) is 13.5. The van der Waals surface area contributed by atoms with E-state index < -0.39 is 6.10 Å². The number of aliphatic hydroxyl groups is 1. The summed E-state index contributed by atoms with van der Waals surface area (Å²) in [5, 5.41) is 17.5. The van der Waals surface area contributed by atoms with Gasteiger partial charge in [-0.05, 0) is 70.7 Å². The Morgan fingerprint density at radius 2 is 2.00 bits per heavy atom. The van der Waals surface area contributed by atoms with Gasteiger partial charge in [0.05, 0.1) is 29.1 Å². The van der Waals surface area contributed by atoms with Crippen molar-refractivity contribution in [3.05, 3.63) is 45.9 Å². The third kappa shape index (κ3) is 6.51. The largest absolute Gasteiger partial charge is 0.489 e. The third-order valence-electron chi connectivity index (χ3n) is 7.12. The zero-order valence-electron chi connectivity index (χ0n) is 23.1. The van der Waals surface area contributed by atoms with Crippen molar-refractivity contribution in [1.29, 1.82) is 0 Å². The van der Waals surface area contributed by atoms with Crippen molar-refractivity contribution in [2.75, 3.05) is 40.4 Å². The average Bonchev–Trinajstić information content (AvgIpc) is 3.26. The van der Waals surface area contributed by atoms with E-state index in [9.17, 15) is 9.90 Å². The van der Waals surface area contributed by atoms with E-state index in [1.807, 2.05) is 32.9 Å². The molecule has 1 saturated heterocycles. The Bertz CT molecular complexity index is 1290. The van der Waals surface area contributed by atoms with Gasteiger partial charge in [-0.15, -0.1) is 0 Å². The van der Waals surface area contributed by atoms with Gasteiger partial charge in [0, 0.05) is 30.9 Å². The Morgan fingerprint density at radius 1 is 1.26 bits per heavy atom. The summed E-state index contributed by atoms with van der Waals surface area (Å²) in [5.74, 6) is 1.95. The normalized spacial score (nSPS) is 14.9. The van der Waals surface area contributed by atoms with Crippen LogP contribution in [0.3, 0.4) is 0 Å². The number of halogens is 1. The predicted molar refractivity (Wildman–Crippen MR) is 148 cm³/mol. The molecule has 1 amide bonds. The summed E-state index contributed by atoms with van der Waals surface area (Å²) in [6, 6.07) is 5.46. The van der Waals surface area contributed by atoms with Gasteiger partial charge in [-0.2, -0.15) is 0 Å². The van der Waals surface area contributed by atoms with Crippen molar-refractivity contribution in [3.63, 3.8) is 0 Å². The fourth-order valence-corrected chi connectivity index (χ4v) is 5.21. The minimum Gasteiger partial charge on any atom is -0.489 e. The van der Waals surface area contributed by atoms with E-state index in [1.54, 1.807) is 18.0 Å². The van der Waals surface area contributed by atoms with Gasteiger partial charge in [0.25, 0.3) is 0 Å². The molecule has 2 N–H and O–H groups in total. The second-order valence-electron chi connectivity index (χ2n) is 9.91. The molecule has 39 heavy (non-hydrogen) atoms. The lowest BCUT2D eigenvalue weighted by atomic mass is 9.90. The van der Waals surface area contributed by atoms with Crippen LogP contribution in [0.4, 0.5) is 4.79 Å². The van der Waals surface area contributed by atoms with Crippen molar-refractivity contribution in [2.24, 2.45) is 5.92 Å². The summed E-state index contributed by atoms with van der Waals surface area (Å²) >= 11 is 6.80. The molecular weight excluding hydrogens is 522 g/mol. The number of aliphatic hydroxyl groups excluding tert-OH is 1. The lowest BCUT2D eigenvalue weighted by Gasteiger charge is -2.31. The summed E-state index contributed by atoms with van der Waals surface area (Å²) in [6.45, 7) is 7.59. The van der Waals surface area contributed by atoms with Crippen LogP contribution >= 0.6 is 11.6 Å². The molecule has 3 aromatic rings. The second-order valence-corrected chi connectivity index (χ2v) is 10.3. The molecule has 11 heteroatoms. The van der Waals surface area contributed by atoms with Gasteiger partial charge < -0.3 is 29.3 Å². The third-order valence-corrected chi connectivity index (χ3v) is 7.51. The molecule has 0 saturated carbocycles. The van der Waals surface area contributed by atoms with Crippen LogP contribution < -0.4 is 10.1 Å². The minimum absolute atomic E-state index is 0.0959. The highest BCUT2D eigenvalue weighted by molar-refractivity contribution is 6.34. The SMILES string of the molecule is CNCC(O)COc1cccc(-c2nc(CC3CCN(C(=O)OC)CC3)c(C)c(-c3c(C)noc3C)n2)c1Cl. The Balaban J connectivity index is 1.70. The number of methoxy groups -OCH3 is 1. The molecule has 1 atom stereocenters. The van der Waals surface area contributed by atoms with Crippen molar-refractivity contribution in [1.82, 2.24) is 25.3 Å². The standard InChI is InChI=1S/C28H36ClN5O5/c1-16-22(13-19-9-11-34(12-10-19)28(36)37-5)31-27(32-26(16)24-17(2)33-39-18(24)3)21-7-6-8-23(25(21)29)38-15-20(35)14-30-4/h6-8,19-20,30,35H,9-15H2,1-5H3. The van der Waals surface area contributed by atoms with Gasteiger partial charge in [-0.1, -0.05) is 22.8 Å². The number of aromatic nitrogens is 3. The number of carbonyl (C=O) groups excluding carboxylic acids is 1. The van der Waals surface area contributed by atoms with Crippen molar-refractivity contribution >= 4 is 17.7 Å². The van der Waals surface area contributed by atoms with Gasteiger partial charge in [0.2, 0.25) is 0 Å². The van der Waals surface area contributed by atoms with Crippen LogP contribution in [0.2, 0.25) is 5.02 Å². The van der Waals surface area contributed by atoms with Crippen LogP contribution in [0.5, 0.6) is 5.75 Å². The molecule has 210 valence electrons. The molecule has 3 heterocycles. The smallest absolute Gasteiger partial charge is 0.409 e. The number of benzene rings is 1. The number of rotatable bonds is 9. The number of hydrogen-bond donors (Lipinski definition) is 2.